The van der Waals surface area contributed by atoms with Crippen LogP contribution in [0.2, 0.25) is 0 Å². The molecule has 1 N–H and O–H groups in total. The Labute approximate surface area is 116 Å². The van der Waals surface area contributed by atoms with Crippen molar-refractivity contribution < 1.29 is 8.81 Å². The molecule has 3 nitrogen and oxygen atoms in total. The number of halogens is 1. The highest BCUT2D eigenvalue weighted by atomic mass is 19.1. The number of aromatic nitrogens is 1. The predicted molar refractivity (Wildman–Crippen MR) is 77.1 cm³/mol. The maximum Gasteiger partial charge on any atom is 0.195 e. The Bertz CT molecular complexity index is 722. The van der Waals surface area contributed by atoms with Crippen molar-refractivity contribution in [2.45, 2.75) is 19.9 Å². The van der Waals surface area contributed by atoms with Crippen molar-refractivity contribution in [3.63, 3.8) is 0 Å². The molecule has 0 bridgehead atoms. The standard InChI is InChI=1S/C16H15FN2O/c1-2-15-19-16-13(17)8-12(9-14(16)20-15)18-10-11-6-4-3-5-7-11/h3-9,18H,2,10H2,1H3. The van der Waals surface area contributed by atoms with Crippen LogP contribution in [0.25, 0.3) is 11.1 Å². The number of hydrogen-bond acceptors (Lipinski definition) is 3. The fourth-order valence-electron chi connectivity index (χ4n) is 2.09. The lowest BCUT2D eigenvalue weighted by molar-refractivity contribution is 0.538. The smallest absolute Gasteiger partial charge is 0.195 e. The maximum atomic E-state index is 14.0. The third kappa shape index (κ3) is 2.50. The number of aryl methyl sites for hydroxylation is 1. The fourth-order valence-corrected chi connectivity index (χ4v) is 2.09. The molecule has 1 heterocycles. The molecule has 0 fully saturated rings. The Hall–Kier alpha value is -2.36. The first-order valence-corrected chi connectivity index (χ1v) is 6.63. The van der Waals surface area contributed by atoms with Crippen LogP contribution in [0.15, 0.2) is 46.9 Å². The quantitative estimate of drug-likeness (QED) is 0.774. The van der Waals surface area contributed by atoms with Crippen molar-refractivity contribution in [1.82, 2.24) is 4.98 Å². The molecular weight excluding hydrogens is 255 g/mol. The Morgan fingerprint density at radius 2 is 2.00 bits per heavy atom. The summed E-state index contributed by atoms with van der Waals surface area (Å²) in [5.74, 6) is 0.195. The zero-order valence-corrected chi connectivity index (χ0v) is 11.2. The lowest BCUT2D eigenvalue weighted by Crippen LogP contribution is -1.99. The van der Waals surface area contributed by atoms with Crippen LogP contribution in [0.3, 0.4) is 0 Å². The number of rotatable bonds is 4. The second-order valence-electron chi connectivity index (χ2n) is 4.61. The summed E-state index contributed by atoms with van der Waals surface area (Å²) in [6, 6.07) is 13.2. The molecule has 0 amide bonds. The molecule has 0 atom stereocenters. The number of anilines is 1. The van der Waals surface area contributed by atoms with Crippen molar-refractivity contribution in [3.8, 4) is 0 Å². The topological polar surface area (TPSA) is 38.1 Å². The molecule has 0 aliphatic heterocycles. The van der Waals surface area contributed by atoms with Gasteiger partial charge >= 0.3 is 0 Å². The van der Waals surface area contributed by atoms with Gasteiger partial charge in [0.1, 0.15) is 5.52 Å². The van der Waals surface area contributed by atoms with E-state index in [4.69, 9.17) is 4.42 Å². The van der Waals surface area contributed by atoms with E-state index in [0.717, 1.165) is 5.56 Å². The van der Waals surface area contributed by atoms with E-state index in [-0.39, 0.29) is 5.82 Å². The summed E-state index contributed by atoms with van der Waals surface area (Å²) in [5, 5.41) is 3.19. The van der Waals surface area contributed by atoms with Crippen LogP contribution in [0.4, 0.5) is 10.1 Å². The minimum absolute atomic E-state index is 0.298. The van der Waals surface area contributed by atoms with E-state index in [1.54, 1.807) is 6.07 Å². The lowest BCUT2D eigenvalue weighted by Gasteiger charge is -2.06. The zero-order chi connectivity index (χ0) is 13.9. The third-order valence-electron chi connectivity index (χ3n) is 3.13. The molecular formula is C16H15FN2O. The molecule has 0 spiro atoms. The van der Waals surface area contributed by atoms with Crippen molar-refractivity contribution in [3.05, 3.63) is 59.7 Å². The highest BCUT2D eigenvalue weighted by Crippen LogP contribution is 2.24. The Morgan fingerprint density at radius 3 is 2.75 bits per heavy atom. The monoisotopic (exact) mass is 270 g/mol. The van der Waals surface area contributed by atoms with E-state index in [0.29, 0.717) is 35.6 Å². The summed E-state index contributed by atoms with van der Waals surface area (Å²) >= 11 is 0. The normalized spacial score (nSPS) is 10.9. The summed E-state index contributed by atoms with van der Waals surface area (Å²) in [5.41, 5.74) is 2.61. The number of nitrogens with one attached hydrogen (secondary N) is 1. The van der Waals surface area contributed by atoms with Gasteiger partial charge in [0.15, 0.2) is 17.3 Å². The first kappa shape index (κ1) is 12.7. The van der Waals surface area contributed by atoms with Crippen LogP contribution < -0.4 is 5.32 Å². The molecule has 102 valence electrons. The van der Waals surface area contributed by atoms with Gasteiger partial charge in [-0.3, -0.25) is 0 Å². The molecule has 3 aromatic rings. The number of fused-ring (bicyclic) bond motifs is 1. The molecule has 20 heavy (non-hydrogen) atoms. The van der Waals surface area contributed by atoms with Gasteiger partial charge in [0.2, 0.25) is 0 Å². The molecule has 4 heteroatoms. The van der Waals surface area contributed by atoms with E-state index in [2.05, 4.69) is 10.3 Å². The molecule has 0 aliphatic carbocycles. The molecule has 1 aromatic heterocycles. The SMILES string of the molecule is CCc1nc2c(F)cc(NCc3ccccc3)cc2o1. The number of benzene rings is 2. The fraction of sp³-hybridized carbons (Fsp3) is 0.188. The van der Waals surface area contributed by atoms with Gasteiger partial charge < -0.3 is 9.73 Å². The Morgan fingerprint density at radius 1 is 1.20 bits per heavy atom. The predicted octanol–water partition coefficient (Wildman–Crippen LogP) is 4.14. The molecule has 0 unspecified atom stereocenters. The first-order chi connectivity index (χ1) is 9.76. The molecule has 0 saturated heterocycles. The number of hydrogen-bond donors (Lipinski definition) is 1. The van der Waals surface area contributed by atoms with E-state index in [1.807, 2.05) is 37.3 Å². The van der Waals surface area contributed by atoms with Crippen molar-refractivity contribution >= 4 is 16.8 Å². The second kappa shape index (κ2) is 5.33. The molecule has 2 aromatic carbocycles. The van der Waals surface area contributed by atoms with E-state index in [1.165, 1.54) is 6.07 Å². The summed E-state index contributed by atoms with van der Waals surface area (Å²) in [6.45, 7) is 2.57. The Balaban J connectivity index is 1.85. The van der Waals surface area contributed by atoms with Gasteiger partial charge in [0, 0.05) is 24.7 Å². The summed E-state index contributed by atoms with van der Waals surface area (Å²) in [6.07, 6.45) is 0.654. The van der Waals surface area contributed by atoms with Crippen molar-refractivity contribution in [2.24, 2.45) is 0 Å². The lowest BCUT2D eigenvalue weighted by atomic mass is 10.2. The zero-order valence-electron chi connectivity index (χ0n) is 11.2. The molecule has 3 rings (SSSR count). The van der Waals surface area contributed by atoms with Gasteiger partial charge in [0.25, 0.3) is 0 Å². The highest BCUT2D eigenvalue weighted by molar-refractivity contribution is 5.78. The van der Waals surface area contributed by atoms with Crippen LogP contribution in [-0.2, 0) is 13.0 Å². The van der Waals surface area contributed by atoms with Crippen molar-refractivity contribution in [1.29, 1.82) is 0 Å². The van der Waals surface area contributed by atoms with Crippen molar-refractivity contribution in [2.75, 3.05) is 5.32 Å². The van der Waals surface area contributed by atoms with Crippen LogP contribution in [0.5, 0.6) is 0 Å². The van der Waals surface area contributed by atoms with Crippen LogP contribution in [0.1, 0.15) is 18.4 Å². The van der Waals surface area contributed by atoms with Crippen LogP contribution in [0, 0.1) is 5.82 Å². The highest BCUT2D eigenvalue weighted by Gasteiger charge is 2.11. The van der Waals surface area contributed by atoms with Gasteiger partial charge in [-0.2, -0.15) is 0 Å². The molecule has 0 saturated carbocycles. The minimum Gasteiger partial charge on any atom is -0.441 e. The van der Waals surface area contributed by atoms with Gasteiger partial charge in [-0.25, -0.2) is 9.37 Å². The molecule has 0 radical (unpaired) electrons. The Kier molecular flexibility index (Phi) is 3.37. The minimum atomic E-state index is -0.360. The van der Waals surface area contributed by atoms with Gasteiger partial charge in [0.05, 0.1) is 0 Å². The maximum absolute atomic E-state index is 14.0. The number of nitrogens with zero attached hydrogens (tertiary/aromatic N) is 1. The van der Waals surface area contributed by atoms with Gasteiger partial charge in [-0.1, -0.05) is 37.3 Å². The van der Waals surface area contributed by atoms with E-state index in [9.17, 15) is 4.39 Å². The largest absolute Gasteiger partial charge is 0.441 e. The third-order valence-corrected chi connectivity index (χ3v) is 3.13. The first-order valence-electron chi connectivity index (χ1n) is 6.63. The molecule has 0 aliphatic rings. The average molecular weight is 270 g/mol. The average Bonchev–Trinajstić information content (AvgIpc) is 2.90. The van der Waals surface area contributed by atoms with Gasteiger partial charge in [-0.05, 0) is 11.6 Å². The second-order valence-corrected chi connectivity index (χ2v) is 4.61. The van der Waals surface area contributed by atoms with Crippen LogP contribution >= 0.6 is 0 Å². The van der Waals surface area contributed by atoms with E-state index >= 15 is 0 Å². The van der Waals surface area contributed by atoms with Gasteiger partial charge in [-0.15, -0.1) is 0 Å². The summed E-state index contributed by atoms with van der Waals surface area (Å²) in [7, 11) is 0. The number of oxazole rings is 1. The summed E-state index contributed by atoms with van der Waals surface area (Å²) < 4.78 is 19.5. The van der Waals surface area contributed by atoms with Crippen LogP contribution in [-0.4, -0.2) is 4.98 Å². The van der Waals surface area contributed by atoms with E-state index < -0.39 is 0 Å². The summed E-state index contributed by atoms with van der Waals surface area (Å²) in [4.78, 5) is 4.12.